The topological polar surface area (TPSA) is 60.8 Å². The van der Waals surface area contributed by atoms with Crippen molar-refractivity contribution in [1.82, 2.24) is 4.90 Å². The molecular formula is C11H21NO3. The molecule has 0 amide bonds. The Kier molecular flexibility index (Phi) is 5.05. The minimum Gasteiger partial charge on any atom is -0.481 e. The van der Waals surface area contributed by atoms with Gasteiger partial charge in [0.15, 0.2) is 0 Å². The second kappa shape index (κ2) is 6.08. The van der Waals surface area contributed by atoms with Crippen molar-refractivity contribution in [3.63, 3.8) is 0 Å². The van der Waals surface area contributed by atoms with E-state index < -0.39 is 5.97 Å². The predicted octanol–water partition coefficient (Wildman–Crippen LogP) is 0.944. The highest BCUT2D eigenvalue weighted by Crippen LogP contribution is 2.32. The summed E-state index contributed by atoms with van der Waals surface area (Å²) in [5.74, 6) is -0.904. The first-order chi connectivity index (χ1) is 7.20. The number of unbranched alkanes of at least 4 members (excludes halogenated alkanes) is 1. The van der Waals surface area contributed by atoms with Crippen LogP contribution in [0.1, 0.15) is 32.6 Å². The van der Waals surface area contributed by atoms with Gasteiger partial charge in [0.2, 0.25) is 0 Å². The molecule has 1 fully saturated rings. The summed E-state index contributed by atoms with van der Waals surface area (Å²) in [5, 5.41) is 17.9. The Morgan fingerprint density at radius 3 is 2.53 bits per heavy atom. The maximum absolute atomic E-state index is 10.9. The van der Waals surface area contributed by atoms with Crippen molar-refractivity contribution in [2.45, 2.75) is 38.6 Å². The maximum atomic E-state index is 10.9. The monoisotopic (exact) mass is 215 g/mol. The second-order valence-corrected chi connectivity index (χ2v) is 4.20. The van der Waals surface area contributed by atoms with Crippen LogP contribution in [0.25, 0.3) is 0 Å². The smallest absolute Gasteiger partial charge is 0.308 e. The highest BCUT2D eigenvalue weighted by atomic mass is 16.4. The minimum absolute atomic E-state index is 0.118. The van der Waals surface area contributed by atoms with Gasteiger partial charge in [-0.1, -0.05) is 13.3 Å². The van der Waals surface area contributed by atoms with Crippen LogP contribution in [0, 0.1) is 5.92 Å². The largest absolute Gasteiger partial charge is 0.481 e. The summed E-state index contributed by atoms with van der Waals surface area (Å²) < 4.78 is 0. The van der Waals surface area contributed by atoms with E-state index in [9.17, 15) is 4.79 Å². The van der Waals surface area contributed by atoms with E-state index >= 15 is 0 Å². The quantitative estimate of drug-likeness (QED) is 0.663. The van der Waals surface area contributed by atoms with E-state index in [4.69, 9.17) is 10.2 Å². The van der Waals surface area contributed by atoms with Crippen LogP contribution in [-0.4, -0.2) is 46.8 Å². The van der Waals surface area contributed by atoms with Crippen LogP contribution in [0.2, 0.25) is 0 Å². The Hall–Kier alpha value is -0.610. The van der Waals surface area contributed by atoms with Gasteiger partial charge in [0.1, 0.15) is 0 Å². The molecule has 0 aromatic rings. The molecule has 0 heterocycles. The number of aliphatic hydroxyl groups is 1. The molecule has 2 N–H and O–H groups in total. The van der Waals surface area contributed by atoms with E-state index in [1.54, 1.807) is 0 Å². The molecule has 0 saturated heterocycles. The Balaban J connectivity index is 2.44. The lowest BCUT2D eigenvalue weighted by molar-refractivity contribution is -0.149. The third kappa shape index (κ3) is 3.18. The summed E-state index contributed by atoms with van der Waals surface area (Å²) in [6.07, 6.45) is 3.92. The molecule has 1 aliphatic carbocycles. The highest BCUT2D eigenvalue weighted by Gasteiger charge is 2.39. The molecule has 88 valence electrons. The summed E-state index contributed by atoms with van der Waals surface area (Å²) in [6, 6.07) is 0.154. The molecule has 0 spiro atoms. The fraction of sp³-hybridized carbons (Fsp3) is 0.909. The Morgan fingerprint density at radius 2 is 2.13 bits per heavy atom. The summed E-state index contributed by atoms with van der Waals surface area (Å²) in [7, 11) is 0. The lowest BCUT2D eigenvalue weighted by atomic mass is 9.78. The van der Waals surface area contributed by atoms with Crippen molar-refractivity contribution in [2.75, 3.05) is 19.7 Å². The van der Waals surface area contributed by atoms with Crippen LogP contribution in [-0.2, 0) is 4.79 Å². The molecule has 0 aromatic carbocycles. The lowest BCUT2D eigenvalue weighted by Gasteiger charge is -2.42. The van der Waals surface area contributed by atoms with Crippen LogP contribution in [0.3, 0.4) is 0 Å². The van der Waals surface area contributed by atoms with Crippen LogP contribution < -0.4 is 0 Å². The number of hydrogen-bond acceptors (Lipinski definition) is 3. The first kappa shape index (κ1) is 12.5. The minimum atomic E-state index is -0.689. The van der Waals surface area contributed by atoms with E-state index in [-0.39, 0.29) is 18.6 Å². The van der Waals surface area contributed by atoms with Gasteiger partial charge in [0, 0.05) is 12.6 Å². The van der Waals surface area contributed by atoms with Gasteiger partial charge in [-0.05, 0) is 25.8 Å². The summed E-state index contributed by atoms with van der Waals surface area (Å²) in [5.41, 5.74) is 0. The number of aliphatic carboxylic acids is 1. The molecule has 4 heteroatoms. The Labute approximate surface area is 90.9 Å². The lowest BCUT2D eigenvalue weighted by Crippen LogP contribution is -2.51. The molecule has 2 atom stereocenters. The molecule has 0 aliphatic heterocycles. The molecule has 0 aromatic heterocycles. The zero-order chi connectivity index (χ0) is 11.3. The summed E-state index contributed by atoms with van der Waals surface area (Å²) in [4.78, 5) is 13.0. The van der Waals surface area contributed by atoms with Crippen molar-refractivity contribution in [3.05, 3.63) is 0 Å². The van der Waals surface area contributed by atoms with Crippen molar-refractivity contribution in [1.29, 1.82) is 0 Å². The van der Waals surface area contributed by atoms with Crippen LogP contribution in [0.15, 0.2) is 0 Å². The van der Waals surface area contributed by atoms with Gasteiger partial charge < -0.3 is 10.2 Å². The van der Waals surface area contributed by atoms with Crippen molar-refractivity contribution >= 4 is 5.97 Å². The van der Waals surface area contributed by atoms with E-state index in [1.807, 2.05) is 0 Å². The summed E-state index contributed by atoms with van der Waals surface area (Å²) >= 11 is 0. The van der Waals surface area contributed by atoms with Crippen molar-refractivity contribution in [2.24, 2.45) is 5.92 Å². The molecule has 1 saturated carbocycles. The number of nitrogens with zero attached hydrogens (tertiary/aromatic N) is 1. The third-order valence-corrected chi connectivity index (χ3v) is 3.21. The number of rotatable bonds is 7. The Bertz CT molecular complexity index is 208. The number of carbonyl (C=O) groups is 1. The van der Waals surface area contributed by atoms with Gasteiger partial charge in [-0.25, -0.2) is 0 Å². The standard InChI is InChI=1S/C11H21NO3/c1-2-3-6-12(7-8-13)10-5-4-9(10)11(14)15/h9-10,13H,2-8H2,1H3,(H,14,15). The van der Waals surface area contributed by atoms with Crippen molar-refractivity contribution < 1.29 is 15.0 Å². The zero-order valence-electron chi connectivity index (χ0n) is 9.35. The van der Waals surface area contributed by atoms with Crippen molar-refractivity contribution in [3.8, 4) is 0 Å². The van der Waals surface area contributed by atoms with Gasteiger partial charge in [-0.2, -0.15) is 0 Å². The molecule has 1 aliphatic rings. The first-order valence-corrected chi connectivity index (χ1v) is 5.78. The molecule has 15 heavy (non-hydrogen) atoms. The molecule has 2 unspecified atom stereocenters. The maximum Gasteiger partial charge on any atom is 0.308 e. The zero-order valence-corrected chi connectivity index (χ0v) is 9.35. The van der Waals surface area contributed by atoms with Gasteiger partial charge in [-0.3, -0.25) is 9.69 Å². The van der Waals surface area contributed by atoms with Gasteiger partial charge in [0.05, 0.1) is 12.5 Å². The third-order valence-electron chi connectivity index (χ3n) is 3.21. The average molecular weight is 215 g/mol. The Morgan fingerprint density at radius 1 is 1.40 bits per heavy atom. The van der Waals surface area contributed by atoms with E-state index in [2.05, 4.69) is 11.8 Å². The number of aliphatic hydroxyl groups excluding tert-OH is 1. The van der Waals surface area contributed by atoms with E-state index in [0.717, 1.165) is 32.2 Å². The SMILES string of the molecule is CCCCN(CCO)C1CCC1C(=O)O. The highest BCUT2D eigenvalue weighted by molar-refractivity contribution is 5.72. The summed E-state index contributed by atoms with van der Waals surface area (Å²) in [6.45, 7) is 3.75. The molecular weight excluding hydrogens is 194 g/mol. The average Bonchev–Trinajstić information content (AvgIpc) is 2.11. The first-order valence-electron chi connectivity index (χ1n) is 5.78. The normalized spacial score (nSPS) is 25.3. The number of carboxylic acid groups (broad SMARTS) is 1. The van der Waals surface area contributed by atoms with Crippen LogP contribution >= 0.6 is 0 Å². The van der Waals surface area contributed by atoms with Crippen LogP contribution in [0.4, 0.5) is 0 Å². The van der Waals surface area contributed by atoms with Gasteiger partial charge in [-0.15, -0.1) is 0 Å². The predicted molar refractivity (Wildman–Crippen MR) is 57.7 cm³/mol. The van der Waals surface area contributed by atoms with Crippen LogP contribution in [0.5, 0.6) is 0 Å². The molecule has 0 radical (unpaired) electrons. The molecule has 1 rings (SSSR count). The number of carboxylic acids is 1. The fourth-order valence-corrected chi connectivity index (χ4v) is 2.14. The molecule has 4 nitrogen and oxygen atoms in total. The van der Waals surface area contributed by atoms with E-state index in [0.29, 0.717) is 6.54 Å². The van der Waals surface area contributed by atoms with Gasteiger partial charge >= 0.3 is 5.97 Å². The number of hydrogen-bond donors (Lipinski definition) is 2. The van der Waals surface area contributed by atoms with E-state index in [1.165, 1.54) is 0 Å². The second-order valence-electron chi connectivity index (χ2n) is 4.20. The van der Waals surface area contributed by atoms with Gasteiger partial charge in [0.25, 0.3) is 0 Å². The molecule has 0 bridgehead atoms. The fourth-order valence-electron chi connectivity index (χ4n) is 2.14.